The molecule has 4 heteroatoms. The minimum Gasteiger partial charge on any atom is -0.444 e. The number of hydrogen-bond acceptors (Lipinski definition) is 3. The molecular weight excluding hydrogens is 254 g/mol. The summed E-state index contributed by atoms with van der Waals surface area (Å²) >= 11 is 0. The molecule has 0 aromatic rings. The van der Waals surface area contributed by atoms with Crippen molar-refractivity contribution in [1.29, 1.82) is 0 Å². The van der Waals surface area contributed by atoms with E-state index in [4.69, 9.17) is 4.74 Å². The zero-order valence-corrected chi connectivity index (χ0v) is 13.2. The summed E-state index contributed by atoms with van der Waals surface area (Å²) in [5.74, 6) is 0.898. The number of piperidine rings is 1. The quantitative estimate of drug-likeness (QED) is 0.684. The van der Waals surface area contributed by atoms with Crippen molar-refractivity contribution < 1.29 is 14.3 Å². The summed E-state index contributed by atoms with van der Waals surface area (Å²) in [6, 6.07) is 0. The van der Waals surface area contributed by atoms with Gasteiger partial charge in [0.2, 0.25) is 0 Å². The third-order valence-electron chi connectivity index (χ3n) is 4.26. The highest BCUT2D eigenvalue weighted by atomic mass is 16.6. The van der Waals surface area contributed by atoms with Gasteiger partial charge in [0.15, 0.2) is 5.78 Å². The Morgan fingerprint density at radius 1 is 1.35 bits per heavy atom. The van der Waals surface area contributed by atoms with Gasteiger partial charge in [-0.05, 0) is 45.6 Å². The molecule has 0 saturated carbocycles. The molecule has 20 heavy (non-hydrogen) atoms. The van der Waals surface area contributed by atoms with Gasteiger partial charge in [-0.1, -0.05) is 12.5 Å². The maximum Gasteiger partial charge on any atom is 0.410 e. The lowest BCUT2D eigenvalue weighted by molar-refractivity contribution is -0.117. The molecule has 2 atom stereocenters. The van der Waals surface area contributed by atoms with Crippen molar-refractivity contribution in [1.82, 2.24) is 4.90 Å². The molecule has 1 aliphatic heterocycles. The second-order valence-electron chi connectivity index (χ2n) is 7.04. The molecule has 0 aromatic heterocycles. The lowest BCUT2D eigenvalue weighted by Gasteiger charge is -2.41. The van der Waals surface area contributed by atoms with Crippen LogP contribution in [0.25, 0.3) is 0 Å². The third kappa shape index (κ3) is 3.05. The molecule has 1 heterocycles. The number of fused-ring (bicyclic) bond motifs is 1. The van der Waals surface area contributed by atoms with Crippen LogP contribution < -0.4 is 0 Å². The average molecular weight is 279 g/mol. The Bertz CT molecular complexity index is 459. The topological polar surface area (TPSA) is 46.6 Å². The number of amides is 1. The minimum absolute atomic E-state index is 0.238. The van der Waals surface area contributed by atoms with Crippen LogP contribution in [-0.4, -0.2) is 35.5 Å². The highest BCUT2D eigenvalue weighted by Gasteiger charge is 2.37. The molecular formula is C16H25NO3. The van der Waals surface area contributed by atoms with E-state index in [2.05, 4.69) is 6.92 Å². The molecule has 112 valence electrons. The van der Waals surface area contributed by atoms with Gasteiger partial charge < -0.3 is 9.64 Å². The highest BCUT2D eigenvalue weighted by molar-refractivity contribution is 5.96. The van der Waals surface area contributed by atoms with Crippen LogP contribution in [0.1, 0.15) is 47.5 Å². The van der Waals surface area contributed by atoms with Gasteiger partial charge >= 0.3 is 6.09 Å². The van der Waals surface area contributed by atoms with Crippen LogP contribution in [0.4, 0.5) is 4.79 Å². The highest BCUT2D eigenvalue weighted by Crippen LogP contribution is 2.38. The van der Waals surface area contributed by atoms with Crippen molar-refractivity contribution in [2.75, 3.05) is 13.1 Å². The standard InChI is InChI=1S/C16H25NO3/c1-10-8-14(18)11(2)12-6-7-17(9-13(10)12)15(19)20-16(3,4)5/h10,13H,6-9H2,1-5H3/t10-,13+/m1/s1. The lowest BCUT2D eigenvalue weighted by Crippen LogP contribution is -2.46. The van der Waals surface area contributed by atoms with Crippen LogP contribution in [0.5, 0.6) is 0 Å². The number of ether oxygens (including phenoxy) is 1. The first-order valence-electron chi connectivity index (χ1n) is 7.40. The predicted octanol–water partition coefficient (Wildman–Crippen LogP) is 3.17. The van der Waals surface area contributed by atoms with Gasteiger partial charge in [0.05, 0.1) is 0 Å². The number of hydrogen-bond donors (Lipinski definition) is 0. The van der Waals surface area contributed by atoms with E-state index in [1.54, 1.807) is 4.90 Å². The van der Waals surface area contributed by atoms with Crippen molar-refractivity contribution in [3.05, 3.63) is 11.1 Å². The molecule has 0 radical (unpaired) electrons. The number of Topliss-reactive ketones (excluding diaryl/α,β-unsaturated/α-hetero) is 1. The van der Waals surface area contributed by atoms with Crippen LogP contribution in [0.15, 0.2) is 11.1 Å². The average Bonchev–Trinajstić information content (AvgIpc) is 2.33. The smallest absolute Gasteiger partial charge is 0.410 e. The maximum absolute atomic E-state index is 12.2. The fourth-order valence-corrected chi connectivity index (χ4v) is 3.13. The Morgan fingerprint density at radius 3 is 2.60 bits per heavy atom. The summed E-state index contributed by atoms with van der Waals surface area (Å²) in [5, 5.41) is 0. The maximum atomic E-state index is 12.2. The summed E-state index contributed by atoms with van der Waals surface area (Å²) in [4.78, 5) is 25.9. The van der Waals surface area contributed by atoms with E-state index in [0.29, 0.717) is 31.3 Å². The molecule has 0 unspecified atom stereocenters. The van der Waals surface area contributed by atoms with Crippen molar-refractivity contribution >= 4 is 11.9 Å². The number of carbonyl (C=O) groups is 2. The van der Waals surface area contributed by atoms with Crippen molar-refractivity contribution in [3.8, 4) is 0 Å². The number of rotatable bonds is 0. The number of allylic oxidation sites excluding steroid dienone is 1. The minimum atomic E-state index is -0.461. The molecule has 1 aliphatic carbocycles. The van der Waals surface area contributed by atoms with Gasteiger partial charge in [-0.3, -0.25) is 4.79 Å². The van der Waals surface area contributed by atoms with Gasteiger partial charge in [0.25, 0.3) is 0 Å². The van der Waals surface area contributed by atoms with E-state index in [1.807, 2.05) is 27.7 Å². The molecule has 1 amide bonds. The fourth-order valence-electron chi connectivity index (χ4n) is 3.13. The first-order valence-corrected chi connectivity index (χ1v) is 7.40. The lowest BCUT2D eigenvalue weighted by atomic mass is 9.72. The van der Waals surface area contributed by atoms with Gasteiger partial charge in [0, 0.05) is 25.4 Å². The Kier molecular flexibility index (Phi) is 3.94. The van der Waals surface area contributed by atoms with Crippen LogP contribution in [0.2, 0.25) is 0 Å². The van der Waals surface area contributed by atoms with Crippen LogP contribution in [0.3, 0.4) is 0 Å². The summed E-state index contributed by atoms with van der Waals surface area (Å²) in [5.41, 5.74) is 1.72. The Hall–Kier alpha value is -1.32. The van der Waals surface area contributed by atoms with Crippen LogP contribution in [-0.2, 0) is 9.53 Å². The summed E-state index contributed by atoms with van der Waals surface area (Å²) in [7, 11) is 0. The van der Waals surface area contributed by atoms with E-state index in [-0.39, 0.29) is 11.9 Å². The first kappa shape index (κ1) is 15.1. The number of nitrogens with zero attached hydrogens (tertiary/aromatic N) is 1. The Balaban J connectivity index is 2.11. The molecule has 0 N–H and O–H groups in total. The zero-order chi connectivity index (χ0) is 15.1. The Morgan fingerprint density at radius 2 is 2.00 bits per heavy atom. The van der Waals surface area contributed by atoms with E-state index < -0.39 is 5.60 Å². The van der Waals surface area contributed by atoms with Gasteiger partial charge in [0.1, 0.15) is 5.60 Å². The van der Waals surface area contributed by atoms with E-state index in [9.17, 15) is 9.59 Å². The fraction of sp³-hybridized carbons (Fsp3) is 0.750. The van der Waals surface area contributed by atoms with Crippen LogP contribution >= 0.6 is 0 Å². The molecule has 1 fully saturated rings. The summed E-state index contributed by atoms with van der Waals surface area (Å²) < 4.78 is 5.44. The largest absolute Gasteiger partial charge is 0.444 e. The molecule has 4 nitrogen and oxygen atoms in total. The summed E-state index contributed by atoms with van der Waals surface area (Å²) in [6.07, 6.45) is 1.16. The number of carbonyl (C=O) groups excluding carboxylic acids is 2. The summed E-state index contributed by atoms with van der Waals surface area (Å²) in [6.45, 7) is 11.0. The van der Waals surface area contributed by atoms with Crippen molar-refractivity contribution in [2.24, 2.45) is 11.8 Å². The van der Waals surface area contributed by atoms with E-state index in [0.717, 1.165) is 12.0 Å². The van der Waals surface area contributed by atoms with Crippen LogP contribution in [0, 0.1) is 11.8 Å². The monoisotopic (exact) mass is 279 g/mol. The number of likely N-dealkylation sites (tertiary alicyclic amines) is 1. The third-order valence-corrected chi connectivity index (χ3v) is 4.26. The molecule has 1 saturated heterocycles. The van der Waals surface area contributed by atoms with Crippen molar-refractivity contribution in [2.45, 2.75) is 53.1 Å². The molecule has 0 bridgehead atoms. The first-order chi connectivity index (χ1) is 9.19. The molecule has 0 aromatic carbocycles. The second-order valence-corrected chi connectivity index (χ2v) is 7.04. The normalized spacial score (nSPS) is 27.4. The van der Waals surface area contributed by atoms with Crippen molar-refractivity contribution in [3.63, 3.8) is 0 Å². The predicted molar refractivity (Wildman–Crippen MR) is 77.4 cm³/mol. The second kappa shape index (κ2) is 5.23. The van der Waals surface area contributed by atoms with Gasteiger partial charge in [-0.15, -0.1) is 0 Å². The van der Waals surface area contributed by atoms with E-state index >= 15 is 0 Å². The number of ketones is 1. The van der Waals surface area contributed by atoms with Gasteiger partial charge in [-0.2, -0.15) is 0 Å². The molecule has 0 spiro atoms. The zero-order valence-electron chi connectivity index (χ0n) is 13.2. The molecule has 2 rings (SSSR count). The van der Waals surface area contributed by atoms with E-state index in [1.165, 1.54) is 5.57 Å². The Labute approximate surface area is 121 Å². The molecule has 2 aliphatic rings. The van der Waals surface area contributed by atoms with Gasteiger partial charge in [-0.25, -0.2) is 4.79 Å². The SMILES string of the molecule is CC1=C2CCN(C(=O)OC(C)(C)C)C[C@H]2[C@H](C)CC1=O.